The molecule has 2 aliphatic rings. The Morgan fingerprint density at radius 1 is 1.24 bits per heavy atom. The zero-order chi connectivity index (χ0) is 17.2. The Hall–Kier alpha value is -1.96. The molecule has 0 aliphatic carbocycles. The average molecular weight is 343 g/mol. The van der Waals surface area contributed by atoms with Gasteiger partial charge in [-0.2, -0.15) is 5.10 Å². The lowest BCUT2D eigenvalue weighted by Crippen LogP contribution is -2.51. The number of hydrogen-bond donors (Lipinski definition) is 2. The molecular formula is C18H25N5O2. The van der Waals surface area contributed by atoms with Crippen LogP contribution in [0.5, 0.6) is 0 Å². The highest BCUT2D eigenvalue weighted by Gasteiger charge is 2.22. The molecule has 4 rings (SSSR count). The molecule has 2 aromatic rings. The second kappa shape index (κ2) is 7.11. The van der Waals surface area contributed by atoms with Crippen molar-refractivity contribution < 1.29 is 4.74 Å². The molecule has 1 aromatic heterocycles. The summed E-state index contributed by atoms with van der Waals surface area (Å²) >= 11 is 0. The molecule has 2 fully saturated rings. The number of hydrogen-bond acceptors (Lipinski definition) is 6. The molecule has 0 spiro atoms. The molecule has 0 radical (unpaired) electrons. The Labute approximate surface area is 147 Å². The first kappa shape index (κ1) is 16.5. The number of nitrogens with one attached hydrogen (secondary N) is 2. The molecule has 2 N–H and O–H groups in total. The Morgan fingerprint density at radius 2 is 2.08 bits per heavy atom. The van der Waals surface area contributed by atoms with Crippen LogP contribution in [0, 0.1) is 6.92 Å². The standard InChI is InChI=1S/C18H25N5O2/c1-13-16-3-2-14(10-17(16)18(24)21-20-13)23-7-5-22(6-8-23)12-15-11-19-4-9-25-15/h2-3,10,15,19H,4-9,11-12H2,1H3,(H,21,24)/t15-/m0/s1. The molecule has 2 aliphatic heterocycles. The summed E-state index contributed by atoms with van der Waals surface area (Å²) < 4.78 is 5.80. The predicted octanol–water partition coefficient (Wildman–Crippen LogP) is 0.342. The highest BCUT2D eigenvalue weighted by molar-refractivity contribution is 5.86. The molecule has 0 bridgehead atoms. The van der Waals surface area contributed by atoms with Crippen LogP contribution in [0.25, 0.3) is 10.8 Å². The average Bonchev–Trinajstić information content (AvgIpc) is 2.66. The van der Waals surface area contributed by atoms with E-state index in [0.717, 1.165) is 69.2 Å². The van der Waals surface area contributed by atoms with E-state index in [1.165, 1.54) is 0 Å². The van der Waals surface area contributed by atoms with E-state index in [4.69, 9.17) is 4.74 Å². The third-order valence-corrected chi connectivity index (χ3v) is 5.17. The van der Waals surface area contributed by atoms with Gasteiger partial charge < -0.3 is 15.0 Å². The summed E-state index contributed by atoms with van der Waals surface area (Å²) in [5, 5.41) is 11.6. The first-order chi connectivity index (χ1) is 12.2. The van der Waals surface area contributed by atoms with Gasteiger partial charge in [0.15, 0.2) is 0 Å². The molecule has 1 aromatic carbocycles. The van der Waals surface area contributed by atoms with Gasteiger partial charge in [0, 0.05) is 56.9 Å². The Morgan fingerprint density at radius 3 is 2.84 bits per heavy atom. The molecule has 25 heavy (non-hydrogen) atoms. The normalized spacial score (nSPS) is 22.4. The highest BCUT2D eigenvalue weighted by Crippen LogP contribution is 2.22. The molecule has 0 amide bonds. The minimum atomic E-state index is -0.122. The maximum Gasteiger partial charge on any atom is 0.272 e. The number of H-pyrrole nitrogens is 1. The van der Waals surface area contributed by atoms with Gasteiger partial charge in [-0.15, -0.1) is 0 Å². The predicted molar refractivity (Wildman–Crippen MR) is 98.4 cm³/mol. The highest BCUT2D eigenvalue weighted by atomic mass is 16.5. The van der Waals surface area contributed by atoms with Crippen molar-refractivity contribution in [3.05, 3.63) is 34.2 Å². The van der Waals surface area contributed by atoms with Crippen molar-refractivity contribution in [2.75, 3.05) is 57.3 Å². The second-order valence-electron chi connectivity index (χ2n) is 6.85. The molecule has 7 heteroatoms. The van der Waals surface area contributed by atoms with Crippen LogP contribution in [0.3, 0.4) is 0 Å². The number of anilines is 1. The fourth-order valence-corrected chi connectivity index (χ4v) is 3.70. The molecular weight excluding hydrogens is 318 g/mol. The first-order valence-electron chi connectivity index (χ1n) is 8.99. The maximum atomic E-state index is 12.1. The summed E-state index contributed by atoms with van der Waals surface area (Å²) in [5.74, 6) is 0. The first-order valence-corrected chi connectivity index (χ1v) is 8.99. The van der Waals surface area contributed by atoms with Gasteiger partial charge in [0.2, 0.25) is 0 Å². The van der Waals surface area contributed by atoms with Crippen molar-refractivity contribution in [1.29, 1.82) is 0 Å². The van der Waals surface area contributed by atoms with Crippen molar-refractivity contribution in [1.82, 2.24) is 20.4 Å². The van der Waals surface area contributed by atoms with Crippen LogP contribution in [0.2, 0.25) is 0 Å². The SMILES string of the molecule is Cc1n[nH]c(=O)c2cc(N3CCN(C[C@@H]4CNCCO4)CC3)ccc12. The molecule has 3 heterocycles. The Balaban J connectivity index is 1.43. The van der Waals surface area contributed by atoms with Crippen molar-refractivity contribution in [2.24, 2.45) is 0 Å². The van der Waals surface area contributed by atoms with E-state index in [1.54, 1.807) is 0 Å². The number of benzene rings is 1. The number of aromatic nitrogens is 2. The monoisotopic (exact) mass is 343 g/mol. The van der Waals surface area contributed by atoms with Gasteiger partial charge in [-0.05, 0) is 19.1 Å². The number of morpholine rings is 1. The van der Waals surface area contributed by atoms with E-state index < -0.39 is 0 Å². The van der Waals surface area contributed by atoms with Gasteiger partial charge in [0.05, 0.1) is 23.8 Å². The summed E-state index contributed by atoms with van der Waals surface area (Å²) in [6.07, 6.45) is 0.301. The number of ether oxygens (including phenoxy) is 1. The van der Waals surface area contributed by atoms with E-state index in [9.17, 15) is 4.79 Å². The minimum absolute atomic E-state index is 0.122. The number of aryl methyl sites for hydroxylation is 1. The van der Waals surface area contributed by atoms with Gasteiger partial charge >= 0.3 is 0 Å². The van der Waals surface area contributed by atoms with Crippen LogP contribution in [-0.4, -0.2) is 73.6 Å². The third kappa shape index (κ3) is 3.53. The smallest absolute Gasteiger partial charge is 0.272 e. The number of piperazine rings is 1. The molecule has 0 unspecified atom stereocenters. The summed E-state index contributed by atoms with van der Waals surface area (Å²) in [5.41, 5.74) is 1.84. The molecule has 7 nitrogen and oxygen atoms in total. The van der Waals surface area contributed by atoms with Crippen molar-refractivity contribution >= 4 is 16.5 Å². The summed E-state index contributed by atoms with van der Waals surface area (Å²) in [7, 11) is 0. The van der Waals surface area contributed by atoms with Gasteiger partial charge in [0.25, 0.3) is 5.56 Å². The quantitative estimate of drug-likeness (QED) is 0.837. The Kier molecular flexibility index (Phi) is 4.70. The van der Waals surface area contributed by atoms with Gasteiger partial charge in [-0.3, -0.25) is 9.69 Å². The molecule has 0 saturated carbocycles. The lowest BCUT2D eigenvalue weighted by Gasteiger charge is -2.38. The number of rotatable bonds is 3. The number of fused-ring (bicyclic) bond motifs is 1. The number of aromatic amines is 1. The van der Waals surface area contributed by atoms with Crippen molar-refractivity contribution in [3.8, 4) is 0 Å². The fraction of sp³-hybridized carbons (Fsp3) is 0.556. The second-order valence-corrected chi connectivity index (χ2v) is 6.85. The largest absolute Gasteiger partial charge is 0.374 e. The van der Waals surface area contributed by atoms with Crippen molar-refractivity contribution in [2.45, 2.75) is 13.0 Å². The van der Waals surface area contributed by atoms with Crippen LogP contribution in [-0.2, 0) is 4.74 Å². The lowest BCUT2D eigenvalue weighted by atomic mass is 10.1. The zero-order valence-corrected chi connectivity index (χ0v) is 14.6. The van der Waals surface area contributed by atoms with E-state index in [1.807, 2.05) is 19.1 Å². The van der Waals surface area contributed by atoms with Crippen LogP contribution in [0.4, 0.5) is 5.69 Å². The van der Waals surface area contributed by atoms with Crippen LogP contribution in [0.15, 0.2) is 23.0 Å². The lowest BCUT2D eigenvalue weighted by molar-refractivity contribution is 0.00465. The van der Waals surface area contributed by atoms with Crippen molar-refractivity contribution in [3.63, 3.8) is 0 Å². The van der Waals surface area contributed by atoms with E-state index in [0.29, 0.717) is 11.5 Å². The molecule has 2 saturated heterocycles. The van der Waals surface area contributed by atoms with E-state index in [-0.39, 0.29) is 5.56 Å². The zero-order valence-electron chi connectivity index (χ0n) is 14.6. The topological polar surface area (TPSA) is 73.5 Å². The van der Waals surface area contributed by atoms with Crippen LogP contribution >= 0.6 is 0 Å². The maximum absolute atomic E-state index is 12.1. The summed E-state index contributed by atoms with van der Waals surface area (Å²) in [4.78, 5) is 16.9. The van der Waals surface area contributed by atoms with Gasteiger partial charge in [-0.1, -0.05) is 6.07 Å². The molecule has 134 valence electrons. The van der Waals surface area contributed by atoms with Crippen LogP contribution in [0.1, 0.15) is 5.69 Å². The van der Waals surface area contributed by atoms with E-state index in [2.05, 4.69) is 31.4 Å². The summed E-state index contributed by atoms with van der Waals surface area (Å²) in [6, 6.07) is 6.10. The molecule has 1 atom stereocenters. The number of nitrogens with zero attached hydrogens (tertiary/aromatic N) is 3. The van der Waals surface area contributed by atoms with E-state index >= 15 is 0 Å². The fourth-order valence-electron chi connectivity index (χ4n) is 3.70. The van der Waals surface area contributed by atoms with Crippen LogP contribution < -0.4 is 15.8 Å². The Bertz CT molecular complexity index is 792. The van der Waals surface area contributed by atoms with Gasteiger partial charge in [-0.25, -0.2) is 5.10 Å². The minimum Gasteiger partial charge on any atom is -0.374 e. The van der Waals surface area contributed by atoms with Gasteiger partial charge in [0.1, 0.15) is 0 Å². The third-order valence-electron chi connectivity index (χ3n) is 5.17. The summed E-state index contributed by atoms with van der Waals surface area (Å²) in [6.45, 7) is 9.59.